The molecule has 0 saturated heterocycles. The maximum atomic E-state index is 5.63. The zero-order valence-corrected chi connectivity index (χ0v) is 11.4. The lowest BCUT2D eigenvalue weighted by Crippen LogP contribution is -2.39. The van der Waals surface area contributed by atoms with Crippen LogP contribution in [0, 0.1) is 5.92 Å². The van der Waals surface area contributed by atoms with Crippen molar-refractivity contribution in [2.24, 2.45) is 5.92 Å². The molecule has 0 amide bonds. The molecular formula is C13H29NO2. The second-order valence-electron chi connectivity index (χ2n) is 4.24. The molecule has 0 spiro atoms. The number of hydrogen-bond acceptors (Lipinski definition) is 3. The maximum absolute atomic E-state index is 5.63. The lowest BCUT2D eigenvalue weighted by atomic mass is 10.00. The standard InChI is InChI=1S/C13H29NO2/c1-5-8-15-9-10-16-11-13(14-7-3)12(4)6-2/h12-14H,5-11H2,1-4H3. The van der Waals surface area contributed by atoms with E-state index in [-0.39, 0.29) is 0 Å². The Kier molecular flexibility index (Phi) is 11.3. The van der Waals surface area contributed by atoms with Crippen LogP contribution in [0.5, 0.6) is 0 Å². The SMILES string of the molecule is CCCOCCOCC(NCC)C(C)CC. The van der Waals surface area contributed by atoms with E-state index in [4.69, 9.17) is 9.47 Å². The van der Waals surface area contributed by atoms with Crippen LogP contribution < -0.4 is 5.32 Å². The van der Waals surface area contributed by atoms with Gasteiger partial charge in [0.2, 0.25) is 0 Å². The fourth-order valence-corrected chi connectivity index (χ4v) is 1.55. The highest BCUT2D eigenvalue weighted by molar-refractivity contribution is 4.71. The average molecular weight is 231 g/mol. The number of rotatable bonds is 11. The zero-order chi connectivity index (χ0) is 12.2. The first kappa shape index (κ1) is 15.9. The van der Waals surface area contributed by atoms with E-state index in [0.717, 1.165) is 26.2 Å². The molecule has 0 rings (SSSR count). The van der Waals surface area contributed by atoms with Crippen LogP contribution in [-0.4, -0.2) is 39.0 Å². The Hall–Kier alpha value is -0.120. The molecule has 0 fully saturated rings. The van der Waals surface area contributed by atoms with Gasteiger partial charge in [-0.3, -0.25) is 0 Å². The third-order valence-electron chi connectivity index (χ3n) is 2.82. The Morgan fingerprint density at radius 2 is 1.69 bits per heavy atom. The molecular weight excluding hydrogens is 202 g/mol. The third-order valence-corrected chi connectivity index (χ3v) is 2.82. The molecule has 0 aliphatic heterocycles. The second kappa shape index (κ2) is 11.4. The number of likely N-dealkylation sites (N-methyl/N-ethyl adjacent to an activating group) is 1. The molecule has 0 radical (unpaired) electrons. The van der Waals surface area contributed by atoms with Crippen molar-refractivity contribution in [1.82, 2.24) is 5.32 Å². The highest BCUT2D eigenvalue weighted by Crippen LogP contribution is 2.07. The van der Waals surface area contributed by atoms with Gasteiger partial charge in [-0.05, 0) is 18.9 Å². The summed E-state index contributed by atoms with van der Waals surface area (Å²) in [5, 5.41) is 3.47. The molecule has 0 aliphatic carbocycles. The molecule has 2 atom stereocenters. The van der Waals surface area contributed by atoms with E-state index in [0.29, 0.717) is 25.2 Å². The molecule has 0 aliphatic rings. The largest absolute Gasteiger partial charge is 0.379 e. The molecule has 2 unspecified atom stereocenters. The van der Waals surface area contributed by atoms with E-state index in [2.05, 4.69) is 33.0 Å². The highest BCUT2D eigenvalue weighted by atomic mass is 16.5. The van der Waals surface area contributed by atoms with E-state index in [1.165, 1.54) is 6.42 Å². The first-order chi connectivity index (χ1) is 7.76. The van der Waals surface area contributed by atoms with Crippen LogP contribution in [0.3, 0.4) is 0 Å². The van der Waals surface area contributed by atoms with E-state index < -0.39 is 0 Å². The number of ether oxygens (including phenoxy) is 2. The summed E-state index contributed by atoms with van der Waals surface area (Å²) < 4.78 is 11.0. The van der Waals surface area contributed by atoms with Crippen molar-refractivity contribution in [3.63, 3.8) is 0 Å². The summed E-state index contributed by atoms with van der Waals surface area (Å²) in [6, 6.07) is 0.473. The summed E-state index contributed by atoms with van der Waals surface area (Å²) in [5.41, 5.74) is 0. The Labute approximate surface area is 101 Å². The minimum Gasteiger partial charge on any atom is -0.379 e. The monoisotopic (exact) mass is 231 g/mol. The Morgan fingerprint density at radius 3 is 2.25 bits per heavy atom. The Balaban J connectivity index is 3.52. The Bertz CT molecular complexity index is 142. The topological polar surface area (TPSA) is 30.5 Å². The van der Waals surface area contributed by atoms with Gasteiger partial charge < -0.3 is 14.8 Å². The minimum atomic E-state index is 0.473. The molecule has 98 valence electrons. The predicted octanol–water partition coefficient (Wildman–Crippen LogP) is 2.45. The van der Waals surface area contributed by atoms with Crippen molar-refractivity contribution in [3.8, 4) is 0 Å². The molecule has 16 heavy (non-hydrogen) atoms. The van der Waals surface area contributed by atoms with Gasteiger partial charge in [-0.1, -0.05) is 34.1 Å². The molecule has 1 N–H and O–H groups in total. The minimum absolute atomic E-state index is 0.473. The van der Waals surface area contributed by atoms with Crippen molar-refractivity contribution >= 4 is 0 Å². The molecule has 3 nitrogen and oxygen atoms in total. The van der Waals surface area contributed by atoms with Crippen molar-refractivity contribution < 1.29 is 9.47 Å². The predicted molar refractivity (Wildman–Crippen MR) is 68.8 cm³/mol. The molecule has 0 aromatic carbocycles. The van der Waals surface area contributed by atoms with Crippen molar-refractivity contribution in [2.45, 2.75) is 46.6 Å². The quantitative estimate of drug-likeness (QED) is 0.554. The zero-order valence-electron chi connectivity index (χ0n) is 11.4. The molecule has 0 heterocycles. The van der Waals surface area contributed by atoms with Gasteiger partial charge in [0.1, 0.15) is 0 Å². The first-order valence-corrected chi connectivity index (χ1v) is 6.65. The summed E-state index contributed by atoms with van der Waals surface area (Å²) in [6.45, 7) is 12.8. The second-order valence-corrected chi connectivity index (χ2v) is 4.24. The maximum Gasteiger partial charge on any atom is 0.0701 e. The van der Waals surface area contributed by atoms with Gasteiger partial charge >= 0.3 is 0 Å². The van der Waals surface area contributed by atoms with Gasteiger partial charge in [0.15, 0.2) is 0 Å². The van der Waals surface area contributed by atoms with Crippen LogP contribution in [0.15, 0.2) is 0 Å². The fourth-order valence-electron chi connectivity index (χ4n) is 1.55. The van der Waals surface area contributed by atoms with Gasteiger partial charge in [0.05, 0.1) is 19.8 Å². The van der Waals surface area contributed by atoms with E-state index in [1.807, 2.05) is 0 Å². The van der Waals surface area contributed by atoms with Crippen LogP contribution in [0.2, 0.25) is 0 Å². The van der Waals surface area contributed by atoms with Gasteiger partial charge in [-0.15, -0.1) is 0 Å². The van der Waals surface area contributed by atoms with Gasteiger partial charge in [0.25, 0.3) is 0 Å². The van der Waals surface area contributed by atoms with Gasteiger partial charge in [0, 0.05) is 12.6 Å². The lowest BCUT2D eigenvalue weighted by Gasteiger charge is -2.23. The summed E-state index contributed by atoms with van der Waals surface area (Å²) in [5.74, 6) is 0.663. The third kappa shape index (κ3) is 8.08. The van der Waals surface area contributed by atoms with Crippen LogP contribution in [0.4, 0.5) is 0 Å². The fraction of sp³-hybridized carbons (Fsp3) is 1.00. The average Bonchev–Trinajstić information content (AvgIpc) is 2.31. The molecule has 0 saturated carbocycles. The van der Waals surface area contributed by atoms with Crippen LogP contribution >= 0.6 is 0 Å². The molecule has 3 heteroatoms. The molecule has 0 bridgehead atoms. The van der Waals surface area contributed by atoms with Crippen LogP contribution in [-0.2, 0) is 9.47 Å². The molecule has 0 aromatic rings. The van der Waals surface area contributed by atoms with Crippen molar-refractivity contribution in [1.29, 1.82) is 0 Å². The van der Waals surface area contributed by atoms with Crippen molar-refractivity contribution in [3.05, 3.63) is 0 Å². The number of nitrogens with one attached hydrogen (secondary N) is 1. The summed E-state index contributed by atoms with van der Waals surface area (Å²) >= 11 is 0. The van der Waals surface area contributed by atoms with Gasteiger partial charge in [-0.25, -0.2) is 0 Å². The summed E-state index contributed by atoms with van der Waals surface area (Å²) in [6.07, 6.45) is 2.26. The van der Waals surface area contributed by atoms with E-state index in [9.17, 15) is 0 Å². The van der Waals surface area contributed by atoms with Gasteiger partial charge in [-0.2, -0.15) is 0 Å². The van der Waals surface area contributed by atoms with Crippen molar-refractivity contribution in [2.75, 3.05) is 33.0 Å². The van der Waals surface area contributed by atoms with Crippen LogP contribution in [0.25, 0.3) is 0 Å². The first-order valence-electron chi connectivity index (χ1n) is 6.65. The molecule has 0 aromatic heterocycles. The summed E-state index contributed by atoms with van der Waals surface area (Å²) in [4.78, 5) is 0. The smallest absolute Gasteiger partial charge is 0.0701 e. The number of hydrogen-bond donors (Lipinski definition) is 1. The van der Waals surface area contributed by atoms with E-state index in [1.54, 1.807) is 0 Å². The van der Waals surface area contributed by atoms with Crippen LogP contribution in [0.1, 0.15) is 40.5 Å². The summed E-state index contributed by atoms with van der Waals surface area (Å²) in [7, 11) is 0. The Morgan fingerprint density at radius 1 is 1.00 bits per heavy atom. The normalized spacial score (nSPS) is 15.0. The lowest BCUT2D eigenvalue weighted by molar-refractivity contribution is 0.0332. The van der Waals surface area contributed by atoms with E-state index >= 15 is 0 Å². The highest BCUT2D eigenvalue weighted by Gasteiger charge is 2.14.